The first-order chi connectivity index (χ1) is 17.4. The minimum Gasteiger partial charge on any atom is -0.315 e. The van der Waals surface area contributed by atoms with E-state index in [1.165, 1.54) is 23.1 Å². The number of likely N-dealkylation sites (N-methyl/N-ethyl adjacent to an activating group) is 1. The molecule has 2 N–H and O–H groups in total. The van der Waals surface area contributed by atoms with Gasteiger partial charge in [-0.25, -0.2) is 13.9 Å². The van der Waals surface area contributed by atoms with E-state index in [1.54, 1.807) is 17.7 Å². The second-order valence-corrected chi connectivity index (χ2v) is 8.38. The van der Waals surface area contributed by atoms with Crippen LogP contribution in [0, 0.1) is 19.7 Å². The van der Waals surface area contributed by atoms with E-state index in [0.29, 0.717) is 11.5 Å². The lowest BCUT2D eigenvalue weighted by Crippen LogP contribution is -2.40. The molecule has 0 unspecified atom stereocenters. The smallest absolute Gasteiger partial charge is 0.315 e. The van der Waals surface area contributed by atoms with Crippen molar-refractivity contribution in [2.45, 2.75) is 20.8 Å². The molecule has 1 aromatic heterocycles. The zero-order valence-corrected chi connectivity index (χ0v) is 20.5. The van der Waals surface area contributed by atoms with Gasteiger partial charge in [-0.15, -0.1) is 0 Å². The Morgan fingerprint density at radius 1 is 0.944 bits per heavy atom. The molecule has 0 radical (unpaired) electrons. The second kappa shape index (κ2) is 10.9. The first kappa shape index (κ1) is 24.7. The predicted molar refractivity (Wildman–Crippen MR) is 140 cm³/mol. The molecule has 184 valence electrons. The number of hydrogen-bond donors (Lipinski definition) is 2. The number of aromatic nitrogens is 2. The summed E-state index contributed by atoms with van der Waals surface area (Å²) in [5, 5.41) is 10.4. The van der Waals surface area contributed by atoms with E-state index >= 15 is 0 Å². The number of carbonyl (C=O) groups is 2. The van der Waals surface area contributed by atoms with Crippen LogP contribution in [0.25, 0.3) is 16.8 Å². The fourth-order valence-corrected chi connectivity index (χ4v) is 4.01. The van der Waals surface area contributed by atoms with Crippen molar-refractivity contribution >= 4 is 23.4 Å². The number of hydrogen-bond acceptors (Lipinski definition) is 3. The number of halogens is 1. The number of nitrogens with one attached hydrogen (secondary N) is 2. The third-order valence-electron chi connectivity index (χ3n) is 5.80. The van der Waals surface area contributed by atoms with Crippen LogP contribution in [0.4, 0.5) is 20.7 Å². The van der Waals surface area contributed by atoms with Gasteiger partial charge in [0, 0.05) is 17.8 Å². The second-order valence-electron chi connectivity index (χ2n) is 8.38. The average molecular weight is 486 g/mol. The molecule has 8 heteroatoms. The number of aryl methyl sites for hydroxylation is 2. The van der Waals surface area contributed by atoms with Gasteiger partial charge in [0.2, 0.25) is 5.91 Å². The molecule has 0 bridgehead atoms. The van der Waals surface area contributed by atoms with E-state index in [0.717, 1.165) is 28.1 Å². The van der Waals surface area contributed by atoms with Gasteiger partial charge >= 0.3 is 6.03 Å². The molecule has 0 fully saturated rings. The SMILES string of the molecule is CCN(CC(=O)Nc1c(-c2ccccc2)c(C)nn1-c1ccccc1C)C(=O)Nc1cccc(F)c1. The van der Waals surface area contributed by atoms with Crippen LogP contribution < -0.4 is 10.6 Å². The molecule has 0 atom stereocenters. The van der Waals surface area contributed by atoms with Gasteiger partial charge in [0.25, 0.3) is 0 Å². The first-order valence-electron chi connectivity index (χ1n) is 11.7. The van der Waals surface area contributed by atoms with Gasteiger partial charge in [0.05, 0.1) is 11.4 Å². The van der Waals surface area contributed by atoms with Crippen LogP contribution in [0.1, 0.15) is 18.2 Å². The summed E-state index contributed by atoms with van der Waals surface area (Å²) in [7, 11) is 0. The van der Waals surface area contributed by atoms with Crippen molar-refractivity contribution in [2.24, 2.45) is 0 Å². The highest BCUT2D eigenvalue weighted by Crippen LogP contribution is 2.34. The maximum Gasteiger partial charge on any atom is 0.322 e. The molecular formula is C28H28FN5O2. The molecule has 0 aliphatic carbocycles. The number of carbonyl (C=O) groups excluding carboxylic acids is 2. The van der Waals surface area contributed by atoms with E-state index in [4.69, 9.17) is 5.10 Å². The van der Waals surface area contributed by atoms with Crippen LogP contribution >= 0.6 is 0 Å². The predicted octanol–water partition coefficient (Wildman–Crippen LogP) is 5.79. The van der Waals surface area contributed by atoms with Crippen molar-refractivity contribution in [3.63, 3.8) is 0 Å². The first-order valence-corrected chi connectivity index (χ1v) is 11.7. The third kappa shape index (κ3) is 5.43. The Balaban J connectivity index is 1.62. The highest BCUT2D eigenvalue weighted by Gasteiger charge is 2.23. The summed E-state index contributed by atoms with van der Waals surface area (Å²) in [5.41, 5.74) is 4.64. The maximum absolute atomic E-state index is 13.5. The summed E-state index contributed by atoms with van der Waals surface area (Å²) in [6.07, 6.45) is 0. The lowest BCUT2D eigenvalue weighted by Gasteiger charge is -2.21. The molecule has 0 spiro atoms. The summed E-state index contributed by atoms with van der Waals surface area (Å²) >= 11 is 0. The highest BCUT2D eigenvalue weighted by molar-refractivity contribution is 5.99. The summed E-state index contributed by atoms with van der Waals surface area (Å²) < 4.78 is 15.2. The van der Waals surface area contributed by atoms with Crippen LogP contribution in [0.15, 0.2) is 78.9 Å². The number of anilines is 2. The third-order valence-corrected chi connectivity index (χ3v) is 5.80. The number of urea groups is 1. The minimum atomic E-state index is -0.495. The van der Waals surface area contributed by atoms with Crippen LogP contribution in [-0.4, -0.2) is 39.7 Å². The van der Waals surface area contributed by atoms with E-state index in [9.17, 15) is 14.0 Å². The molecule has 0 aliphatic heterocycles. The quantitative estimate of drug-likeness (QED) is 0.348. The molecular weight excluding hydrogens is 457 g/mol. The normalized spacial score (nSPS) is 10.7. The fourth-order valence-electron chi connectivity index (χ4n) is 4.01. The summed E-state index contributed by atoms with van der Waals surface area (Å²) in [4.78, 5) is 27.3. The molecule has 3 amide bonds. The number of benzene rings is 3. The monoisotopic (exact) mass is 485 g/mol. The minimum absolute atomic E-state index is 0.191. The lowest BCUT2D eigenvalue weighted by atomic mass is 10.1. The van der Waals surface area contributed by atoms with Crippen molar-refractivity contribution in [1.82, 2.24) is 14.7 Å². The number of nitrogens with zero attached hydrogens (tertiary/aromatic N) is 3. The highest BCUT2D eigenvalue weighted by atomic mass is 19.1. The molecule has 1 heterocycles. The van der Waals surface area contributed by atoms with Crippen molar-refractivity contribution in [1.29, 1.82) is 0 Å². The van der Waals surface area contributed by atoms with Crippen LogP contribution in [0.3, 0.4) is 0 Å². The Morgan fingerprint density at radius 2 is 1.67 bits per heavy atom. The summed E-state index contributed by atoms with van der Waals surface area (Å²) in [5.74, 6) is -0.306. The van der Waals surface area contributed by atoms with Gasteiger partial charge in [-0.05, 0) is 56.2 Å². The molecule has 0 saturated carbocycles. The topological polar surface area (TPSA) is 79.3 Å². The van der Waals surface area contributed by atoms with E-state index < -0.39 is 11.8 Å². The zero-order chi connectivity index (χ0) is 25.7. The molecule has 7 nitrogen and oxygen atoms in total. The van der Waals surface area contributed by atoms with Crippen molar-refractivity contribution in [3.8, 4) is 16.8 Å². The molecule has 3 aromatic carbocycles. The van der Waals surface area contributed by atoms with Crippen LogP contribution in [0.5, 0.6) is 0 Å². The van der Waals surface area contributed by atoms with E-state index in [1.807, 2.05) is 68.4 Å². The van der Waals surface area contributed by atoms with Crippen molar-refractivity contribution in [3.05, 3.63) is 95.9 Å². The van der Waals surface area contributed by atoms with Gasteiger partial charge in [0.1, 0.15) is 18.2 Å². The van der Waals surface area contributed by atoms with Gasteiger partial charge < -0.3 is 15.5 Å². The number of rotatable bonds is 7. The Hall–Kier alpha value is -4.46. The van der Waals surface area contributed by atoms with Crippen LogP contribution in [-0.2, 0) is 4.79 Å². The molecule has 4 aromatic rings. The van der Waals surface area contributed by atoms with Crippen molar-refractivity contribution in [2.75, 3.05) is 23.7 Å². The fraction of sp³-hybridized carbons (Fsp3) is 0.179. The number of amides is 3. The van der Waals surface area contributed by atoms with E-state index in [-0.39, 0.29) is 19.0 Å². The molecule has 0 aliphatic rings. The van der Waals surface area contributed by atoms with E-state index in [2.05, 4.69) is 10.6 Å². The Morgan fingerprint density at radius 3 is 2.36 bits per heavy atom. The largest absolute Gasteiger partial charge is 0.322 e. The lowest BCUT2D eigenvalue weighted by molar-refractivity contribution is -0.116. The standard InChI is InChI=1S/C28H28FN5O2/c1-4-33(28(36)30-23-15-10-14-22(29)17-23)18-25(35)31-27-26(21-12-6-5-7-13-21)20(3)32-34(27)24-16-9-8-11-19(24)2/h5-17H,4,18H2,1-3H3,(H,30,36)(H,31,35). The molecule has 0 saturated heterocycles. The zero-order valence-electron chi connectivity index (χ0n) is 20.5. The van der Waals surface area contributed by atoms with Gasteiger partial charge in [-0.3, -0.25) is 4.79 Å². The van der Waals surface area contributed by atoms with Gasteiger partial charge in [0.15, 0.2) is 0 Å². The molecule has 36 heavy (non-hydrogen) atoms. The van der Waals surface area contributed by atoms with Crippen LogP contribution in [0.2, 0.25) is 0 Å². The van der Waals surface area contributed by atoms with Gasteiger partial charge in [-0.2, -0.15) is 5.10 Å². The number of para-hydroxylation sites is 1. The summed E-state index contributed by atoms with van der Waals surface area (Å²) in [6, 6.07) is 22.6. The molecule has 4 rings (SSSR count). The Bertz CT molecular complexity index is 1380. The van der Waals surface area contributed by atoms with Gasteiger partial charge in [-0.1, -0.05) is 54.6 Å². The summed E-state index contributed by atoms with van der Waals surface area (Å²) in [6.45, 7) is 5.75. The Kier molecular flexibility index (Phi) is 7.44. The Labute approximate surface area is 209 Å². The maximum atomic E-state index is 13.5. The average Bonchev–Trinajstić information content (AvgIpc) is 3.18. The van der Waals surface area contributed by atoms with Crippen molar-refractivity contribution < 1.29 is 14.0 Å².